The maximum atomic E-state index is 12.5. The number of rotatable bonds is 7. The molecule has 0 aromatic heterocycles. The number of hydrogen-bond donors (Lipinski definition) is 1. The molecule has 1 heterocycles. The number of carbonyl (C=O) groups excluding carboxylic acids is 1. The molecule has 0 aliphatic carbocycles. The quantitative estimate of drug-likeness (QED) is 0.802. The molecule has 1 amide bonds. The predicted octanol–water partition coefficient (Wildman–Crippen LogP) is 1.65. The zero-order chi connectivity index (χ0) is 16.9. The summed E-state index contributed by atoms with van der Waals surface area (Å²) < 4.78 is 31.7. The molecule has 1 atom stereocenters. The third-order valence-corrected chi connectivity index (χ3v) is 5.86. The van der Waals surface area contributed by atoms with E-state index in [2.05, 4.69) is 5.32 Å². The van der Waals surface area contributed by atoms with Gasteiger partial charge in [-0.3, -0.25) is 4.79 Å². The molecule has 0 radical (unpaired) electrons. The van der Waals surface area contributed by atoms with E-state index in [4.69, 9.17) is 16.3 Å². The number of amides is 1. The van der Waals surface area contributed by atoms with Gasteiger partial charge in [0, 0.05) is 24.7 Å². The van der Waals surface area contributed by atoms with Crippen LogP contribution in [0, 0.1) is 0 Å². The number of benzene rings is 1. The molecule has 23 heavy (non-hydrogen) atoms. The molecule has 1 aliphatic heterocycles. The van der Waals surface area contributed by atoms with E-state index < -0.39 is 10.0 Å². The van der Waals surface area contributed by atoms with Crippen LogP contribution in [-0.4, -0.2) is 51.0 Å². The first kappa shape index (κ1) is 18.2. The van der Waals surface area contributed by atoms with E-state index in [1.165, 1.54) is 24.3 Å². The lowest BCUT2D eigenvalue weighted by Crippen LogP contribution is -2.42. The van der Waals surface area contributed by atoms with E-state index in [1.54, 1.807) is 6.92 Å². The molecule has 1 aliphatic rings. The number of ether oxygens (including phenoxy) is 1. The Morgan fingerprint density at radius 1 is 1.39 bits per heavy atom. The van der Waals surface area contributed by atoms with Gasteiger partial charge in [-0.15, -0.1) is 0 Å². The highest BCUT2D eigenvalue weighted by Gasteiger charge is 2.25. The van der Waals surface area contributed by atoms with Crippen molar-refractivity contribution >= 4 is 27.5 Å². The summed E-state index contributed by atoms with van der Waals surface area (Å²) >= 11 is 5.78. The summed E-state index contributed by atoms with van der Waals surface area (Å²) in [5.74, 6) is -0.333. The highest BCUT2D eigenvalue weighted by molar-refractivity contribution is 7.89. The summed E-state index contributed by atoms with van der Waals surface area (Å²) in [6.45, 7) is 2.82. The molecule has 1 fully saturated rings. The highest BCUT2D eigenvalue weighted by Crippen LogP contribution is 2.18. The normalized spacial score (nSPS) is 18.3. The number of nitrogens with one attached hydrogen (secondary N) is 1. The molecule has 0 unspecified atom stereocenters. The third kappa shape index (κ3) is 4.91. The van der Waals surface area contributed by atoms with Gasteiger partial charge in [-0.1, -0.05) is 18.5 Å². The predicted molar refractivity (Wildman–Crippen MR) is 87.9 cm³/mol. The Hall–Kier alpha value is -1.15. The number of likely N-dealkylation sites (N-methyl/N-ethyl adjacent to an activating group) is 1. The van der Waals surface area contributed by atoms with Crippen molar-refractivity contribution in [1.82, 2.24) is 9.62 Å². The Labute approximate surface area is 141 Å². The van der Waals surface area contributed by atoms with Gasteiger partial charge in [0.25, 0.3) is 0 Å². The molecule has 1 aromatic carbocycles. The van der Waals surface area contributed by atoms with Crippen molar-refractivity contribution in [2.24, 2.45) is 0 Å². The van der Waals surface area contributed by atoms with Crippen LogP contribution < -0.4 is 5.32 Å². The molecular formula is C15H21ClN2O4S. The number of nitrogens with zero attached hydrogens (tertiary/aromatic N) is 1. The lowest BCUT2D eigenvalue weighted by atomic mass is 10.2. The van der Waals surface area contributed by atoms with Crippen molar-refractivity contribution in [2.45, 2.75) is 30.8 Å². The van der Waals surface area contributed by atoms with E-state index >= 15 is 0 Å². The van der Waals surface area contributed by atoms with Crippen molar-refractivity contribution in [1.29, 1.82) is 0 Å². The second kappa shape index (κ2) is 8.10. The van der Waals surface area contributed by atoms with Crippen LogP contribution in [0.2, 0.25) is 5.02 Å². The van der Waals surface area contributed by atoms with E-state index in [-0.39, 0.29) is 30.0 Å². The van der Waals surface area contributed by atoms with Gasteiger partial charge < -0.3 is 10.1 Å². The molecule has 128 valence electrons. The van der Waals surface area contributed by atoms with Gasteiger partial charge >= 0.3 is 0 Å². The average Bonchev–Trinajstić information content (AvgIpc) is 3.04. The van der Waals surface area contributed by atoms with Crippen LogP contribution in [0.4, 0.5) is 0 Å². The Morgan fingerprint density at radius 3 is 2.65 bits per heavy atom. The minimum atomic E-state index is -3.72. The van der Waals surface area contributed by atoms with Crippen LogP contribution in [0.3, 0.4) is 0 Å². The van der Waals surface area contributed by atoms with E-state index in [0.29, 0.717) is 18.2 Å². The lowest BCUT2D eigenvalue weighted by molar-refractivity contribution is -0.121. The van der Waals surface area contributed by atoms with Crippen LogP contribution in [-0.2, 0) is 19.6 Å². The van der Waals surface area contributed by atoms with Crippen molar-refractivity contribution in [3.8, 4) is 0 Å². The van der Waals surface area contributed by atoms with Crippen LogP contribution in [0.1, 0.15) is 19.8 Å². The number of halogens is 1. The third-order valence-electron chi connectivity index (χ3n) is 3.67. The zero-order valence-electron chi connectivity index (χ0n) is 13.0. The summed E-state index contributed by atoms with van der Waals surface area (Å²) in [4.78, 5) is 12.1. The SMILES string of the molecule is CCN(CC(=O)NC[C@H]1CCCO1)S(=O)(=O)c1ccc(Cl)cc1. The van der Waals surface area contributed by atoms with Gasteiger partial charge in [-0.05, 0) is 37.1 Å². The number of sulfonamides is 1. The standard InChI is InChI=1S/C15H21ClN2O4S/c1-2-18(11-15(19)17-10-13-4-3-9-22-13)23(20,21)14-7-5-12(16)6-8-14/h5-8,13H,2-4,9-11H2,1H3,(H,17,19)/t13-/m1/s1. The number of hydrogen-bond acceptors (Lipinski definition) is 4. The van der Waals surface area contributed by atoms with Gasteiger partial charge in [-0.25, -0.2) is 8.42 Å². The first-order valence-electron chi connectivity index (χ1n) is 7.57. The fraction of sp³-hybridized carbons (Fsp3) is 0.533. The molecule has 0 spiro atoms. The molecule has 1 N–H and O–H groups in total. The molecule has 1 aromatic rings. The molecule has 2 rings (SSSR count). The molecule has 0 saturated carbocycles. The summed E-state index contributed by atoms with van der Waals surface area (Å²) in [6.07, 6.45) is 1.94. The monoisotopic (exact) mass is 360 g/mol. The Balaban J connectivity index is 1.97. The van der Waals surface area contributed by atoms with Crippen molar-refractivity contribution < 1.29 is 17.9 Å². The topological polar surface area (TPSA) is 75.7 Å². The largest absolute Gasteiger partial charge is 0.376 e. The maximum Gasteiger partial charge on any atom is 0.243 e. The number of carbonyl (C=O) groups is 1. The fourth-order valence-electron chi connectivity index (χ4n) is 2.37. The van der Waals surface area contributed by atoms with Crippen LogP contribution >= 0.6 is 11.6 Å². The van der Waals surface area contributed by atoms with Gasteiger partial charge in [0.05, 0.1) is 17.5 Å². The van der Waals surface area contributed by atoms with Gasteiger partial charge in [0.1, 0.15) is 0 Å². The van der Waals surface area contributed by atoms with E-state index in [9.17, 15) is 13.2 Å². The second-order valence-electron chi connectivity index (χ2n) is 5.32. The summed E-state index contributed by atoms with van der Waals surface area (Å²) in [6, 6.07) is 5.90. The Kier molecular flexibility index (Phi) is 6.41. The molecule has 8 heteroatoms. The van der Waals surface area contributed by atoms with Crippen LogP contribution in [0.25, 0.3) is 0 Å². The molecule has 1 saturated heterocycles. The Morgan fingerprint density at radius 2 is 2.09 bits per heavy atom. The first-order chi connectivity index (χ1) is 10.9. The first-order valence-corrected chi connectivity index (χ1v) is 9.39. The van der Waals surface area contributed by atoms with Crippen molar-refractivity contribution in [3.05, 3.63) is 29.3 Å². The molecular weight excluding hydrogens is 340 g/mol. The molecule has 0 bridgehead atoms. The van der Waals surface area contributed by atoms with E-state index in [0.717, 1.165) is 17.1 Å². The van der Waals surface area contributed by atoms with Crippen LogP contribution in [0.5, 0.6) is 0 Å². The van der Waals surface area contributed by atoms with E-state index in [1.807, 2.05) is 0 Å². The lowest BCUT2D eigenvalue weighted by Gasteiger charge is -2.20. The Bertz CT molecular complexity index is 627. The van der Waals surface area contributed by atoms with Gasteiger partial charge in [-0.2, -0.15) is 4.31 Å². The summed E-state index contributed by atoms with van der Waals surface area (Å²) in [7, 11) is -3.72. The summed E-state index contributed by atoms with van der Waals surface area (Å²) in [5.41, 5.74) is 0. The second-order valence-corrected chi connectivity index (χ2v) is 7.70. The van der Waals surface area contributed by atoms with Gasteiger partial charge in [0.15, 0.2) is 0 Å². The summed E-state index contributed by atoms with van der Waals surface area (Å²) in [5, 5.41) is 3.19. The van der Waals surface area contributed by atoms with Gasteiger partial charge in [0.2, 0.25) is 15.9 Å². The van der Waals surface area contributed by atoms with Crippen molar-refractivity contribution in [3.63, 3.8) is 0 Å². The smallest absolute Gasteiger partial charge is 0.243 e. The fourth-order valence-corrected chi connectivity index (χ4v) is 3.90. The maximum absolute atomic E-state index is 12.5. The van der Waals surface area contributed by atoms with Crippen LogP contribution in [0.15, 0.2) is 29.2 Å². The highest BCUT2D eigenvalue weighted by atomic mass is 35.5. The molecule has 6 nitrogen and oxygen atoms in total. The minimum Gasteiger partial charge on any atom is -0.376 e. The van der Waals surface area contributed by atoms with Crippen molar-refractivity contribution in [2.75, 3.05) is 26.2 Å². The zero-order valence-corrected chi connectivity index (χ0v) is 14.6. The average molecular weight is 361 g/mol. The minimum absolute atomic E-state index is 0.0295.